The lowest BCUT2D eigenvalue weighted by Gasteiger charge is -2.16. The van der Waals surface area contributed by atoms with Crippen molar-refractivity contribution in [1.82, 2.24) is 5.32 Å². The summed E-state index contributed by atoms with van der Waals surface area (Å²) in [5.41, 5.74) is 3.28. The lowest BCUT2D eigenvalue weighted by molar-refractivity contribution is -0.143. The van der Waals surface area contributed by atoms with Gasteiger partial charge in [0.2, 0.25) is 0 Å². The minimum atomic E-state index is -0.465. The van der Waals surface area contributed by atoms with Crippen LogP contribution in [0.4, 0.5) is 0 Å². The van der Waals surface area contributed by atoms with Crippen molar-refractivity contribution in [3.8, 4) is 5.75 Å². The van der Waals surface area contributed by atoms with E-state index in [-0.39, 0.29) is 5.97 Å². The molecule has 1 N–H and O–H groups in total. The molecule has 1 heterocycles. The molecule has 1 saturated heterocycles. The Morgan fingerprint density at radius 2 is 2.05 bits per heavy atom. The van der Waals surface area contributed by atoms with E-state index in [4.69, 9.17) is 14.2 Å². The van der Waals surface area contributed by atoms with Crippen molar-refractivity contribution in [2.24, 2.45) is 0 Å². The number of rotatable bonds is 7. The normalized spacial score (nSPS) is 17.9. The van der Waals surface area contributed by atoms with E-state index in [0.29, 0.717) is 19.6 Å². The Hall–Kier alpha value is -1.59. The SMILES string of the molecule is COCCNCc1cc(C)c(OC2CCOC2=O)c(C)c1. The standard InChI is InChI=1S/C16H23NO4/c1-11-8-13(10-17-5-7-19-3)9-12(2)15(11)21-14-4-6-20-16(14)18/h8-9,14,17H,4-7,10H2,1-3H3. The zero-order valence-corrected chi connectivity index (χ0v) is 12.9. The summed E-state index contributed by atoms with van der Waals surface area (Å²) >= 11 is 0. The van der Waals surface area contributed by atoms with Crippen LogP contribution < -0.4 is 10.1 Å². The summed E-state index contributed by atoms with van der Waals surface area (Å²) in [5, 5.41) is 3.32. The Bertz CT molecular complexity index is 478. The molecule has 116 valence electrons. The average molecular weight is 293 g/mol. The second-order valence-corrected chi connectivity index (χ2v) is 5.29. The molecule has 0 spiro atoms. The molecule has 0 aromatic heterocycles. The van der Waals surface area contributed by atoms with Crippen molar-refractivity contribution >= 4 is 5.97 Å². The largest absolute Gasteiger partial charge is 0.478 e. The second kappa shape index (κ2) is 7.43. The zero-order valence-electron chi connectivity index (χ0n) is 12.9. The second-order valence-electron chi connectivity index (χ2n) is 5.29. The van der Waals surface area contributed by atoms with Crippen LogP contribution in [0.3, 0.4) is 0 Å². The van der Waals surface area contributed by atoms with E-state index in [2.05, 4.69) is 17.4 Å². The predicted molar refractivity (Wildman–Crippen MR) is 79.5 cm³/mol. The Kier molecular flexibility index (Phi) is 5.59. The first-order valence-electron chi connectivity index (χ1n) is 7.25. The topological polar surface area (TPSA) is 56.8 Å². The molecule has 1 aromatic rings. The highest BCUT2D eigenvalue weighted by atomic mass is 16.6. The van der Waals surface area contributed by atoms with Crippen molar-refractivity contribution in [3.05, 3.63) is 28.8 Å². The molecule has 0 amide bonds. The van der Waals surface area contributed by atoms with Gasteiger partial charge in [0.25, 0.3) is 0 Å². The van der Waals surface area contributed by atoms with Gasteiger partial charge in [0.05, 0.1) is 13.2 Å². The van der Waals surface area contributed by atoms with E-state index in [1.165, 1.54) is 5.56 Å². The first-order chi connectivity index (χ1) is 10.1. The minimum Gasteiger partial charge on any atom is -0.478 e. The van der Waals surface area contributed by atoms with Gasteiger partial charge in [-0.1, -0.05) is 12.1 Å². The fourth-order valence-corrected chi connectivity index (χ4v) is 2.46. The highest BCUT2D eigenvalue weighted by Gasteiger charge is 2.29. The molecule has 0 saturated carbocycles. The molecule has 1 fully saturated rings. The number of nitrogens with one attached hydrogen (secondary N) is 1. The lowest BCUT2D eigenvalue weighted by Crippen LogP contribution is -2.23. The van der Waals surface area contributed by atoms with Gasteiger partial charge in [0, 0.05) is 26.6 Å². The third kappa shape index (κ3) is 4.19. The highest BCUT2D eigenvalue weighted by Crippen LogP contribution is 2.27. The molecule has 0 radical (unpaired) electrons. The van der Waals surface area contributed by atoms with Gasteiger partial charge in [-0.2, -0.15) is 0 Å². The maximum atomic E-state index is 11.5. The monoisotopic (exact) mass is 293 g/mol. The molecular formula is C16H23NO4. The molecule has 21 heavy (non-hydrogen) atoms. The van der Waals surface area contributed by atoms with Crippen LogP contribution in [0.15, 0.2) is 12.1 Å². The molecule has 1 aliphatic rings. The number of cyclic esters (lactones) is 1. The van der Waals surface area contributed by atoms with Crippen LogP contribution in [0.5, 0.6) is 5.75 Å². The maximum absolute atomic E-state index is 11.5. The van der Waals surface area contributed by atoms with Gasteiger partial charge < -0.3 is 19.5 Å². The smallest absolute Gasteiger partial charge is 0.347 e. The number of hydrogen-bond acceptors (Lipinski definition) is 5. The number of carbonyl (C=O) groups excluding carboxylic acids is 1. The summed E-state index contributed by atoms with van der Waals surface area (Å²) in [6.45, 7) is 6.76. The Balaban J connectivity index is 2.01. The summed E-state index contributed by atoms with van der Waals surface area (Å²) in [6, 6.07) is 4.17. The molecule has 1 atom stereocenters. The van der Waals surface area contributed by atoms with E-state index >= 15 is 0 Å². The fraction of sp³-hybridized carbons (Fsp3) is 0.562. The molecular weight excluding hydrogens is 270 g/mol. The number of benzene rings is 1. The van der Waals surface area contributed by atoms with Gasteiger partial charge in [-0.25, -0.2) is 4.79 Å². The summed E-state index contributed by atoms with van der Waals surface area (Å²) in [5.74, 6) is 0.526. The number of hydrogen-bond donors (Lipinski definition) is 1. The van der Waals surface area contributed by atoms with Crippen LogP contribution >= 0.6 is 0 Å². The predicted octanol–water partition coefficient (Wildman–Crippen LogP) is 1.73. The van der Waals surface area contributed by atoms with E-state index in [0.717, 1.165) is 30.0 Å². The van der Waals surface area contributed by atoms with Crippen LogP contribution in [-0.4, -0.2) is 38.9 Å². The van der Waals surface area contributed by atoms with Crippen LogP contribution in [-0.2, 0) is 20.8 Å². The van der Waals surface area contributed by atoms with Crippen LogP contribution in [0.25, 0.3) is 0 Å². The fourth-order valence-electron chi connectivity index (χ4n) is 2.46. The van der Waals surface area contributed by atoms with E-state index in [1.54, 1.807) is 7.11 Å². The van der Waals surface area contributed by atoms with Crippen molar-refractivity contribution < 1.29 is 19.0 Å². The lowest BCUT2D eigenvalue weighted by atomic mass is 10.1. The molecule has 0 bridgehead atoms. The Morgan fingerprint density at radius 1 is 1.33 bits per heavy atom. The number of methoxy groups -OCH3 is 1. The summed E-state index contributed by atoms with van der Waals surface area (Å²) in [4.78, 5) is 11.5. The molecule has 1 aromatic carbocycles. The van der Waals surface area contributed by atoms with Gasteiger partial charge in [-0.05, 0) is 30.5 Å². The quantitative estimate of drug-likeness (QED) is 0.613. The molecule has 2 rings (SSSR count). The number of esters is 1. The van der Waals surface area contributed by atoms with E-state index < -0.39 is 6.10 Å². The summed E-state index contributed by atoms with van der Waals surface area (Å²) in [6.07, 6.45) is 0.158. The molecule has 0 aliphatic carbocycles. The van der Waals surface area contributed by atoms with Crippen LogP contribution in [0, 0.1) is 13.8 Å². The number of carbonyl (C=O) groups is 1. The van der Waals surface area contributed by atoms with Gasteiger partial charge in [-0.15, -0.1) is 0 Å². The number of ether oxygens (including phenoxy) is 3. The van der Waals surface area contributed by atoms with E-state index in [1.807, 2.05) is 13.8 Å². The molecule has 5 heteroatoms. The van der Waals surface area contributed by atoms with Crippen LogP contribution in [0.1, 0.15) is 23.1 Å². The Labute approximate surface area is 125 Å². The van der Waals surface area contributed by atoms with Crippen molar-refractivity contribution in [2.45, 2.75) is 32.9 Å². The molecule has 1 unspecified atom stereocenters. The first kappa shape index (κ1) is 15.8. The van der Waals surface area contributed by atoms with Crippen LogP contribution in [0.2, 0.25) is 0 Å². The third-order valence-electron chi connectivity index (χ3n) is 3.48. The maximum Gasteiger partial charge on any atom is 0.347 e. The van der Waals surface area contributed by atoms with Gasteiger partial charge in [-0.3, -0.25) is 0 Å². The Morgan fingerprint density at radius 3 is 2.62 bits per heavy atom. The van der Waals surface area contributed by atoms with Gasteiger partial charge in [0.15, 0.2) is 6.10 Å². The third-order valence-corrected chi connectivity index (χ3v) is 3.48. The highest BCUT2D eigenvalue weighted by molar-refractivity contribution is 5.77. The number of aryl methyl sites for hydroxylation is 2. The molecule has 5 nitrogen and oxygen atoms in total. The first-order valence-corrected chi connectivity index (χ1v) is 7.25. The minimum absolute atomic E-state index is 0.265. The molecule has 1 aliphatic heterocycles. The summed E-state index contributed by atoms with van der Waals surface area (Å²) in [7, 11) is 1.69. The summed E-state index contributed by atoms with van der Waals surface area (Å²) < 4.78 is 15.8. The van der Waals surface area contributed by atoms with Crippen molar-refractivity contribution in [2.75, 3.05) is 26.9 Å². The van der Waals surface area contributed by atoms with Gasteiger partial charge >= 0.3 is 5.97 Å². The van der Waals surface area contributed by atoms with Crippen molar-refractivity contribution in [1.29, 1.82) is 0 Å². The van der Waals surface area contributed by atoms with Gasteiger partial charge in [0.1, 0.15) is 5.75 Å². The average Bonchev–Trinajstić information content (AvgIpc) is 2.84. The van der Waals surface area contributed by atoms with E-state index in [9.17, 15) is 4.79 Å². The zero-order chi connectivity index (χ0) is 15.2. The van der Waals surface area contributed by atoms with Crippen molar-refractivity contribution in [3.63, 3.8) is 0 Å².